The first-order valence-corrected chi connectivity index (χ1v) is 7.50. The fourth-order valence-electron chi connectivity index (χ4n) is 1.61. The Morgan fingerprint density at radius 2 is 2.33 bits per heavy atom. The van der Waals surface area contributed by atoms with Crippen molar-refractivity contribution >= 4 is 29.3 Å². The van der Waals surface area contributed by atoms with Gasteiger partial charge in [-0.15, -0.1) is 0 Å². The summed E-state index contributed by atoms with van der Waals surface area (Å²) in [6.45, 7) is 1.82. The molecule has 2 aromatic rings. The lowest BCUT2D eigenvalue weighted by Gasteiger charge is -2.11. The number of rotatable bonds is 6. The SMILES string of the molecule is CC(Oc1cccc(Cl)c1)c1nc(SCC(=O)O)n(C)n1. The zero-order valence-corrected chi connectivity index (χ0v) is 13.1. The molecule has 6 nitrogen and oxygen atoms in total. The van der Waals surface area contributed by atoms with Crippen molar-refractivity contribution in [3.63, 3.8) is 0 Å². The van der Waals surface area contributed by atoms with Crippen molar-refractivity contribution in [3.05, 3.63) is 35.1 Å². The molecule has 1 aromatic carbocycles. The molecule has 0 amide bonds. The van der Waals surface area contributed by atoms with Gasteiger partial charge in [-0.2, -0.15) is 5.10 Å². The Morgan fingerprint density at radius 1 is 1.57 bits per heavy atom. The summed E-state index contributed by atoms with van der Waals surface area (Å²) in [5, 5.41) is 14.1. The van der Waals surface area contributed by atoms with Crippen molar-refractivity contribution in [1.29, 1.82) is 0 Å². The fourth-order valence-corrected chi connectivity index (χ4v) is 2.43. The monoisotopic (exact) mass is 327 g/mol. The van der Waals surface area contributed by atoms with Crippen LogP contribution < -0.4 is 4.74 Å². The van der Waals surface area contributed by atoms with Gasteiger partial charge >= 0.3 is 5.97 Å². The van der Waals surface area contributed by atoms with Crippen molar-refractivity contribution in [2.24, 2.45) is 7.05 Å². The molecule has 1 unspecified atom stereocenters. The van der Waals surface area contributed by atoms with Crippen molar-refractivity contribution in [3.8, 4) is 5.75 Å². The number of hydrogen-bond acceptors (Lipinski definition) is 5. The van der Waals surface area contributed by atoms with Gasteiger partial charge in [0.2, 0.25) is 0 Å². The summed E-state index contributed by atoms with van der Waals surface area (Å²) in [6, 6.07) is 7.07. The van der Waals surface area contributed by atoms with Gasteiger partial charge in [0.05, 0.1) is 5.75 Å². The molecule has 0 saturated heterocycles. The second-order valence-corrected chi connectivity index (χ2v) is 5.65. The highest BCUT2D eigenvalue weighted by atomic mass is 35.5. The highest BCUT2D eigenvalue weighted by Gasteiger charge is 2.16. The number of thioether (sulfide) groups is 1. The number of halogens is 1. The van der Waals surface area contributed by atoms with Crippen molar-refractivity contribution in [2.45, 2.75) is 18.2 Å². The standard InChI is InChI=1S/C13H14ClN3O3S/c1-8(20-10-5-3-4-9(14)6-10)12-15-13(17(2)16-12)21-7-11(18)19/h3-6,8H,7H2,1-2H3,(H,18,19). The number of hydrogen-bond donors (Lipinski definition) is 1. The van der Waals surface area contributed by atoms with E-state index in [1.807, 2.05) is 6.92 Å². The zero-order chi connectivity index (χ0) is 15.4. The third-order valence-corrected chi connectivity index (χ3v) is 3.78. The van der Waals surface area contributed by atoms with Gasteiger partial charge in [0.1, 0.15) is 5.75 Å². The van der Waals surface area contributed by atoms with E-state index in [4.69, 9.17) is 21.4 Å². The maximum atomic E-state index is 10.6. The minimum atomic E-state index is -0.896. The van der Waals surface area contributed by atoms with Crippen molar-refractivity contribution in [2.75, 3.05) is 5.75 Å². The third-order valence-electron chi connectivity index (χ3n) is 2.54. The highest BCUT2D eigenvalue weighted by molar-refractivity contribution is 7.99. The Labute approximate surface area is 131 Å². The van der Waals surface area contributed by atoms with Crippen LogP contribution in [-0.2, 0) is 11.8 Å². The Morgan fingerprint density at radius 3 is 3.00 bits per heavy atom. The smallest absolute Gasteiger partial charge is 0.313 e. The quantitative estimate of drug-likeness (QED) is 0.822. The Bertz CT molecular complexity index is 647. The average Bonchev–Trinajstić information content (AvgIpc) is 2.78. The first kappa shape index (κ1) is 15.7. The second-order valence-electron chi connectivity index (χ2n) is 4.28. The van der Waals surface area contributed by atoms with Gasteiger partial charge in [-0.3, -0.25) is 4.79 Å². The van der Waals surface area contributed by atoms with Gasteiger partial charge in [0.15, 0.2) is 17.1 Å². The van der Waals surface area contributed by atoms with Crippen LogP contribution in [0.25, 0.3) is 0 Å². The molecule has 0 aliphatic rings. The molecule has 1 atom stereocenters. The number of aromatic nitrogens is 3. The average molecular weight is 328 g/mol. The second kappa shape index (κ2) is 6.82. The van der Waals surface area contributed by atoms with Gasteiger partial charge < -0.3 is 9.84 Å². The number of aryl methyl sites for hydroxylation is 1. The number of carbonyl (C=O) groups is 1. The summed E-state index contributed by atoms with van der Waals surface area (Å²) in [5.41, 5.74) is 0. The van der Waals surface area contributed by atoms with E-state index < -0.39 is 5.97 Å². The van der Waals surface area contributed by atoms with Gasteiger partial charge in [-0.05, 0) is 25.1 Å². The summed E-state index contributed by atoms with van der Waals surface area (Å²) in [5.74, 6) is 0.163. The molecule has 1 aromatic heterocycles. The van der Waals surface area contributed by atoms with E-state index in [0.29, 0.717) is 21.8 Å². The summed E-state index contributed by atoms with van der Waals surface area (Å²) < 4.78 is 7.27. The molecule has 0 fully saturated rings. The Balaban J connectivity index is 2.07. The molecule has 8 heteroatoms. The van der Waals surface area contributed by atoms with Crippen LogP contribution in [0.15, 0.2) is 29.4 Å². The third kappa shape index (κ3) is 4.37. The van der Waals surface area contributed by atoms with Gasteiger partial charge in [-0.25, -0.2) is 9.67 Å². The molecule has 0 radical (unpaired) electrons. The first-order chi connectivity index (χ1) is 9.95. The first-order valence-electron chi connectivity index (χ1n) is 6.13. The number of nitrogens with zero attached hydrogens (tertiary/aromatic N) is 3. The van der Waals surface area contributed by atoms with Crippen LogP contribution >= 0.6 is 23.4 Å². The topological polar surface area (TPSA) is 77.2 Å². The predicted molar refractivity (Wildman–Crippen MR) is 79.9 cm³/mol. The molecule has 1 N–H and O–H groups in total. The van der Waals surface area contributed by atoms with Crippen LogP contribution in [0.4, 0.5) is 0 Å². The molecule has 2 rings (SSSR count). The summed E-state index contributed by atoms with van der Waals surface area (Å²) in [6.07, 6.45) is -0.367. The van der Waals surface area contributed by atoms with Crippen LogP contribution in [0, 0.1) is 0 Å². The molecular formula is C13H14ClN3O3S. The number of carboxylic acids is 1. The number of ether oxygens (including phenoxy) is 1. The minimum absolute atomic E-state index is 0.0600. The van der Waals surface area contributed by atoms with E-state index in [0.717, 1.165) is 11.8 Å². The maximum absolute atomic E-state index is 10.6. The number of aliphatic carboxylic acids is 1. The Kier molecular flexibility index (Phi) is 5.08. The molecule has 0 aliphatic carbocycles. The lowest BCUT2D eigenvalue weighted by atomic mass is 10.3. The van der Waals surface area contributed by atoms with Gasteiger partial charge in [0.25, 0.3) is 0 Å². The highest BCUT2D eigenvalue weighted by Crippen LogP contribution is 2.24. The number of benzene rings is 1. The van der Waals surface area contributed by atoms with Gasteiger partial charge in [0, 0.05) is 12.1 Å². The molecule has 21 heavy (non-hydrogen) atoms. The molecular weight excluding hydrogens is 314 g/mol. The zero-order valence-electron chi connectivity index (χ0n) is 11.5. The van der Waals surface area contributed by atoms with E-state index in [9.17, 15) is 4.79 Å². The van der Waals surface area contributed by atoms with Gasteiger partial charge in [-0.1, -0.05) is 29.4 Å². The van der Waals surface area contributed by atoms with Crippen LogP contribution in [-0.4, -0.2) is 31.6 Å². The predicted octanol–water partition coefficient (Wildman–Crippen LogP) is 2.79. The van der Waals surface area contributed by atoms with Crippen LogP contribution in [0.5, 0.6) is 5.75 Å². The number of carboxylic acid groups (broad SMARTS) is 1. The maximum Gasteiger partial charge on any atom is 0.313 e. The lowest BCUT2D eigenvalue weighted by molar-refractivity contribution is -0.133. The molecule has 0 bridgehead atoms. The van der Waals surface area contributed by atoms with Crippen LogP contribution in [0.1, 0.15) is 18.9 Å². The minimum Gasteiger partial charge on any atom is -0.483 e. The van der Waals surface area contributed by atoms with Crippen molar-refractivity contribution in [1.82, 2.24) is 14.8 Å². The molecule has 1 heterocycles. The van der Waals surface area contributed by atoms with E-state index >= 15 is 0 Å². The summed E-state index contributed by atoms with van der Waals surface area (Å²) in [4.78, 5) is 14.9. The largest absolute Gasteiger partial charge is 0.483 e. The van der Waals surface area contributed by atoms with E-state index in [1.54, 1.807) is 36.0 Å². The van der Waals surface area contributed by atoms with Crippen molar-refractivity contribution < 1.29 is 14.6 Å². The Hall–Kier alpha value is -1.73. The normalized spacial score (nSPS) is 12.1. The van der Waals surface area contributed by atoms with E-state index in [-0.39, 0.29) is 11.9 Å². The molecule has 0 saturated carbocycles. The van der Waals surface area contributed by atoms with Crippen LogP contribution in [0.2, 0.25) is 5.02 Å². The lowest BCUT2D eigenvalue weighted by Crippen LogP contribution is -2.05. The molecule has 112 valence electrons. The summed E-state index contributed by atoms with van der Waals surface area (Å²) in [7, 11) is 1.72. The fraction of sp³-hybridized carbons (Fsp3) is 0.308. The molecule has 0 spiro atoms. The summed E-state index contributed by atoms with van der Waals surface area (Å²) >= 11 is 7.02. The van der Waals surface area contributed by atoms with E-state index in [2.05, 4.69) is 10.1 Å². The van der Waals surface area contributed by atoms with Crippen LogP contribution in [0.3, 0.4) is 0 Å². The van der Waals surface area contributed by atoms with E-state index in [1.165, 1.54) is 0 Å². The molecule has 0 aliphatic heterocycles.